The fraction of sp³-hybridized carbons (Fsp3) is 0.468. The molecule has 6 aromatic carbocycles. The number of ether oxygens (including phenoxy) is 1. The Hall–Kier alpha value is -6.61. The highest BCUT2D eigenvalue weighted by atomic mass is 32.2. The molecule has 0 N–H and O–H groups in total. The highest BCUT2D eigenvalue weighted by Crippen LogP contribution is 2.28. The summed E-state index contributed by atoms with van der Waals surface area (Å²) < 4.78 is 74.1. The van der Waals surface area contributed by atoms with Crippen LogP contribution >= 0.6 is 0 Å². The fourth-order valence-electron chi connectivity index (χ4n) is 7.15. The van der Waals surface area contributed by atoms with Crippen molar-refractivity contribution in [2.45, 2.75) is 235 Å². The highest BCUT2D eigenvalue weighted by Gasteiger charge is 2.33. The first kappa shape index (κ1) is 86.4. The zero-order chi connectivity index (χ0) is 72.7. The van der Waals surface area contributed by atoms with Crippen molar-refractivity contribution in [3.8, 4) is 0 Å². The van der Waals surface area contributed by atoms with Crippen molar-refractivity contribution in [3.63, 3.8) is 0 Å². The molecule has 0 amide bonds. The van der Waals surface area contributed by atoms with Gasteiger partial charge in [-0.25, -0.2) is 25.3 Å². The van der Waals surface area contributed by atoms with Crippen LogP contribution in [0.2, 0.25) is 0 Å². The van der Waals surface area contributed by atoms with Gasteiger partial charge in [0.25, 0.3) is 0 Å². The average Bonchev–Trinajstić information content (AvgIpc) is 0.831. The molecule has 93 heavy (non-hydrogen) atoms. The van der Waals surface area contributed by atoms with Crippen molar-refractivity contribution in [2.75, 3.05) is 0 Å². The topological polar surface area (TPSA) is 180 Å². The van der Waals surface area contributed by atoms with Crippen LogP contribution in [0.5, 0.6) is 0 Å². The molecule has 0 aliphatic rings. The van der Waals surface area contributed by atoms with E-state index < -0.39 is 49.2 Å². The van der Waals surface area contributed by atoms with Crippen LogP contribution in [-0.2, 0) is 61.5 Å². The summed E-state index contributed by atoms with van der Waals surface area (Å²) in [6, 6.07) is 45.2. The minimum Gasteiger partial charge on any atom is -0.435 e. The van der Waals surface area contributed by atoms with Crippen molar-refractivity contribution >= 4 is 52.8 Å². The second kappa shape index (κ2) is 35.8. The second-order valence-corrected chi connectivity index (χ2v) is 38.7. The van der Waals surface area contributed by atoms with Gasteiger partial charge in [0.1, 0.15) is 11.6 Å². The summed E-state index contributed by atoms with van der Waals surface area (Å²) in [5.74, 6) is 0.578. The minimum atomic E-state index is -3.19. The van der Waals surface area contributed by atoms with Gasteiger partial charge in [0.05, 0.1) is 40.6 Å². The number of esters is 1. The predicted octanol–water partition coefficient (Wildman–Crippen LogP) is 19.3. The van der Waals surface area contributed by atoms with Gasteiger partial charge >= 0.3 is 5.97 Å². The van der Waals surface area contributed by atoms with E-state index in [1.807, 2.05) is 175 Å². The number of ketones is 3. The minimum absolute atomic E-state index is 0.201. The molecule has 6 rings (SSSR count). The van der Waals surface area contributed by atoms with E-state index in [1.54, 1.807) is 119 Å². The molecule has 0 atom stereocenters. The predicted molar refractivity (Wildman–Crippen MR) is 388 cm³/mol. The number of hydrogen-bond acceptors (Lipinski definition) is 11. The van der Waals surface area contributed by atoms with E-state index in [0.29, 0.717) is 39.1 Å². The van der Waals surface area contributed by atoms with Gasteiger partial charge in [0.15, 0.2) is 35.3 Å². The number of sulfone groups is 3. The summed E-state index contributed by atoms with van der Waals surface area (Å²) in [5.41, 5.74) is 8.91. The summed E-state index contributed by atoms with van der Waals surface area (Å²) in [6.07, 6.45) is 3.19. The van der Waals surface area contributed by atoms with E-state index in [4.69, 9.17) is 0 Å². The molecule has 0 aliphatic carbocycles. The lowest BCUT2D eigenvalue weighted by Crippen LogP contribution is -2.27. The Kier molecular flexibility index (Phi) is 33.2. The lowest BCUT2D eigenvalue weighted by molar-refractivity contribution is -0.146. The van der Waals surface area contributed by atoms with Crippen molar-refractivity contribution in [2.24, 2.45) is 21.7 Å². The Morgan fingerprint density at radius 2 is 0.591 bits per heavy atom. The Morgan fingerprint density at radius 3 is 0.806 bits per heavy atom. The summed E-state index contributed by atoms with van der Waals surface area (Å²) in [7, 11) is -9.58. The summed E-state index contributed by atoms with van der Waals surface area (Å²) >= 11 is 0. The van der Waals surface area contributed by atoms with Gasteiger partial charge in [0, 0.05) is 34.7 Å². The molecule has 514 valence electrons. The van der Waals surface area contributed by atoms with Gasteiger partial charge < -0.3 is 4.74 Å². The number of benzene rings is 6. The van der Waals surface area contributed by atoms with Crippen LogP contribution in [0.3, 0.4) is 0 Å². The number of aryl methyl sites for hydroxylation is 7. The molecule has 0 aliphatic heterocycles. The van der Waals surface area contributed by atoms with Crippen LogP contribution in [0.4, 0.5) is 0 Å². The van der Waals surface area contributed by atoms with E-state index in [-0.39, 0.29) is 28.0 Å². The first-order chi connectivity index (χ1) is 41.9. The summed E-state index contributed by atoms with van der Waals surface area (Å²) in [6.45, 7) is 53.6. The van der Waals surface area contributed by atoms with E-state index in [0.717, 1.165) is 40.5 Å². The van der Waals surface area contributed by atoms with Gasteiger partial charge in [-0.05, 0) is 179 Å². The van der Waals surface area contributed by atoms with Crippen molar-refractivity contribution < 1.29 is 49.2 Å². The van der Waals surface area contributed by atoms with Gasteiger partial charge in [0.2, 0.25) is 0 Å². The molecule has 0 unspecified atom stereocenters. The Bertz CT molecular complexity index is 3460. The lowest BCUT2D eigenvalue weighted by atomic mass is 9.86. The second-order valence-electron chi connectivity index (χ2n) is 30.5. The smallest absolute Gasteiger partial charge is 0.316 e. The van der Waals surface area contributed by atoms with Gasteiger partial charge in [-0.2, -0.15) is 0 Å². The first-order valence-corrected chi connectivity index (χ1v) is 35.9. The number of carbonyl (C=O) groups is 4. The molecular weight excluding hydrogens is 1220 g/mol. The van der Waals surface area contributed by atoms with Crippen molar-refractivity contribution in [1.82, 2.24) is 0 Å². The lowest BCUT2D eigenvalue weighted by Gasteiger charge is -2.19. The molecule has 0 aromatic heterocycles. The van der Waals surface area contributed by atoms with Crippen LogP contribution in [0, 0.1) is 63.2 Å². The molecule has 0 saturated carbocycles. The summed E-state index contributed by atoms with van der Waals surface area (Å²) in [4.78, 5) is 47.2. The zero-order valence-electron chi connectivity index (χ0n) is 61.5. The van der Waals surface area contributed by atoms with Gasteiger partial charge in [-0.1, -0.05) is 211 Å². The van der Waals surface area contributed by atoms with E-state index in [1.165, 1.54) is 22.3 Å². The fourth-order valence-corrected chi connectivity index (χ4v) is 10.8. The highest BCUT2D eigenvalue weighted by molar-refractivity contribution is 7.93. The quantitative estimate of drug-likeness (QED) is 0.0723. The number of rotatable bonds is 10. The number of carbonyl (C=O) groups excluding carboxylic acids is 4. The van der Waals surface area contributed by atoms with Gasteiger partial charge in [-0.3, -0.25) is 19.2 Å². The maximum absolute atomic E-state index is 12.0. The Balaban J connectivity index is 0.00000107. The molecule has 0 radical (unpaired) electrons. The number of hydrogen-bond donors (Lipinski definition) is 0. The first-order valence-electron chi connectivity index (χ1n) is 31.5. The number of Topliss-reactive ketones (excluding diaryl/α,β-unsaturated/α-hetero) is 3. The third-order valence-electron chi connectivity index (χ3n) is 14.1. The molecule has 0 saturated heterocycles. The molecule has 0 heterocycles. The SMILES string of the molecule is C=COC(=O)C(C)(C)C.Cc1ccc(C(=O)C(C)(C)C)cc1.Cc1ccc(CC(=O)C(C)(C)C)cc1.Cc1ccc(CCC(=O)C(C)(C)C)cc1.Cc1ccc(S(=O)(=O)C(C)(C)C)cc1.Cc1ccc(S(=O)(=O)C(C)(C)C)cc1.Cc1ccc(S(=O)(=O)C(C)(C)C)cc1. The Morgan fingerprint density at radius 1 is 0.344 bits per heavy atom. The van der Waals surface area contributed by atoms with Crippen LogP contribution in [0.15, 0.2) is 173 Å². The van der Waals surface area contributed by atoms with Crippen molar-refractivity contribution in [3.05, 3.63) is 209 Å². The monoisotopic (exact) mass is 1330 g/mol. The maximum Gasteiger partial charge on any atom is 0.316 e. The Labute approximate surface area is 563 Å². The van der Waals surface area contributed by atoms with Crippen LogP contribution in [-0.4, -0.2) is 62.8 Å². The molecule has 14 heteroatoms. The molecule has 0 spiro atoms. The molecule has 0 fully saturated rings. The van der Waals surface area contributed by atoms with Crippen LogP contribution in [0.1, 0.15) is 207 Å². The molecule has 11 nitrogen and oxygen atoms in total. The zero-order valence-corrected chi connectivity index (χ0v) is 63.9. The van der Waals surface area contributed by atoms with Crippen molar-refractivity contribution in [1.29, 1.82) is 0 Å². The molecule has 0 bridgehead atoms. The summed E-state index contributed by atoms with van der Waals surface area (Å²) in [5, 5.41) is 0. The van der Waals surface area contributed by atoms with E-state index in [2.05, 4.69) is 49.4 Å². The van der Waals surface area contributed by atoms with E-state index in [9.17, 15) is 44.4 Å². The normalized spacial score (nSPS) is 12.0. The van der Waals surface area contributed by atoms with E-state index >= 15 is 0 Å². The third kappa shape index (κ3) is 31.0. The standard InChI is InChI=1S/C14H20O.C13H18O.C12H16O.3C11H16O2S.C7H12O2/c1-11-5-7-12(8-6-11)9-10-13(15)14(2,3)4;1-10-5-7-11(8-6-10)9-12(14)13(2,3)4;1-9-5-7-10(8-6-9)11(13)12(2,3)4;3*1-9-5-7-10(8-6-9)14(12,13)11(2,3)4;1-5-9-6(8)7(2,3)4/h5-8H,9-10H2,1-4H3;5-8H,9H2,1-4H3;5-8H,1-4H3;3*5-8H,1-4H3;5H,1H2,2-4H3. The molecule has 6 aromatic rings. The third-order valence-corrected chi connectivity index (χ3v) is 21.6. The van der Waals surface area contributed by atoms with Crippen LogP contribution in [0.25, 0.3) is 0 Å². The molecular formula is C79H114O11S3. The van der Waals surface area contributed by atoms with Crippen LogP contribution < -0.4 is 0 Å². The van der Waals surface area contributed by atoms with Gasteiger partial charge in [-0.15, -0.1) is 0 Å². The maximum atomic E-state index is 12.0. The average molecular weight is 1340 g/mol. The largest absolute Gasteiger partial charge is 0.435 e.